The largest absolute Gasteiger partial charge is 1.00 e. The van der Waals surface area contributed by atoms with E-state index in [-0.39, 0.29) is 51.4 Å². The van der Waals surface area contributed by atoms with Crippen LogP contribution in [-0.2, 0) is 4.74 Å². The monoisotopic (exact) mass is 138 g/mol. The summed E-state index contributed by atoms with van der Waals surface area (Å²) >= 11 is 0. The maximum Gasteiger partial charge on any atom is 1.00 e. The fourth-order valence-electron chi connectivity index (χ4n) is 1.06. The maximum absolute atomic E-state index is 4.86. The van der Waals surface area contributed by atoms with Gasteiger partial charge in [-0.25, -0.2) is 7.11 Å². The molecule has 1 rings (SSSR count). The van der Waals surface area contributed by atoms with Gasteiger partial charge in [0.05, 0.1) is 0 Å². The second-order valence-electron chi connectivity index (χ2n) is 2.07. The van der Waals surface area contributed by atoms with E-state index in [9.17, 15) is 0 Å². The predicted molar refractivity (Wildman–Crippen MR) is 28.7 cm³/mol. The van der Waals surface area contributed by atoms with E-state index in [0.717, 1.165) is 0 Å². The van der Waals surface area contributed by atoms with E-state index in [1.165, 1.54) is 25.7 Å². The van der Waals surface area contributed by atoms with Crippen LogP contribution >= 0.6 is 0 Å². The molecule has 1 aliphatic rings. The molecule has 1 nitrogen and oxygen atoms in total. The van der Waals surface area contributed by atoms with Gasteiger partial charge in [-0.3, -0.25) is 0 Å². The molecule has 0 N–H and O–H groups in total. The quantitative estimate of drug-likeness (QED) is 0.325. The predicted octanol–water partition coefficient (Wildman–Crippen LogP) is -1.26. The molecule has 2 heteroatoms. The first-order valence-corrected chi connectivity index (χ1v) is 2.84. The van der Waals surface area contributed by atoms with Gasteiger partial charge in [0.2, 0.25) is 0 Å². The fraction of sp³-hybridized carbons (Fsp3) is 0.833. The van der Waals surface area contributed by atoms with Gasteiger partial charge in [-0.1, -0.05) is 12.8 Å². The van der Waals surface area contributed by atoms with Crippen LogP contribution < -0.4 is 51.4 Å². The summed E-state index contributed by atoms with van der Waals surface area (Å²) in [4.78, 5) is 0. The Morgan fingerprint density at radius 3 is 2.00 bits per heavy atom. The van der Waals surface area contributed by atoms with E-state index >= 15 is 0 Å². The van der Waals surface area contributed by atoms with Crippen molar-refractivity contribution in [3.8, 4) is 0 Å². The van der Waals surface area contributed by atoms with Crippen molar-refractivity contribution < 1.29 is 56.1 Å². The van der Waals surface area contributed by atoms with Gasteiger partial charge in [-0.15, -0.1) is 0 Å². The van der Waals surface area contributed by atoms with Gasteiger partial charge in [-0.2, -0.15) is 0 Å². The third-order valence-corrected chi connectivity index (χ3v) is 1.54. The average molecular weight is 138 g/mol. The molecule has 1 fully saturated rings. The molecule has 42 valence electrons. The van der Waals surface area contributed by atoms with Crippen LogP contribution in [0.25, 0.3) is 0 Å². The molecule has 0 atom stereocenters. The van der Waals surface area contributed by atoms with E-state index in [2.05, 4.69) is 7.11 Å². The molecule has 1 saturated carbocycles. The second-order valence-corrected chi connectivity index (χ2v) is 2.07. The van der Waals surface area contributed by atoms with E-state index in [1.54, 1.807) is 0 Å². The SMILES string of the molecule is [CH2-]OC1CCCC1.[K+]. The molecular formula is C6H11KO. The molecule has 0 unspecified atom stereocenters. The molecule has 0 amide bonds. The van der Waals surface area contributed by atoms with Crippen molar-refractivity contribution in [2.24, 2.45) is 0 Å². The summed E-state index contributed by atoms with van der Waals surface area (Å²) in [6.07, 6.45) is 5.60. The molecule has 0 spiro atoms. The van der Waals surface area contributed by atoms with Crippen molar-refractivity contribution in [2.45, 2.75) is 31.8 Å². The van der Waals surface area contributed by atoms with Crippen LogP contribution in [0.1, 0.15) is 25.7 Å². The zero-order valence-corrected chi connectivity index (χ0v) is 8.64. The number of hydrogen-bond acceptors (Lipinski definition) is 1. The van der Waals surface area contributed by atoms with Gasteiger partial charge in [0.25, 0.3) is 0 Å². The van der Waals surface area contributed by atoms with Crippen molar-refractivity contribution >= 4 is 0 Å². The van der Waals surface area contributed by atoms with Crippen molar-refractivity contribution in [1.29, 1.82) is 0 Å². The molecular weight excluding hydrogens is 127 g/mol. The van der Waals surface area contributed by atoms with Gasteiger partial charge in [-0.05, 0) is 12.8 Å². The van der Waals surface area contributed by atoms with Crippen molar-refractivity contribution in [3.05, 3.63) is 7.11 Å². The zero-order chi connectivity index (χ0) is 5.11. The first-order valence-electron chi connectivity index (χ1n) is 2.84. The van der Waals surface area contributed by atoms with Crippen LogP contribution in [0.15, 0.2) is 0 Å². The summed E-state index contributed by atoms with van der Waals surface area (Å²) in [7, 11) is 3.37. The molecule has 0 aromatic heterocycles. The molecule has 0 aliphatic heterocycles. The normalized spacial score (nSPS) is 20.6. The average Bonchev–Trinajstić information content (AvgIpc) is 2.14. The van der Waals surface area contributed by atoms with Gasteiger partial charge >= 0.3 is 51.4 Å². The Kier molecular flexibility index (Phi) is 6.46. The Hall–Kier alpha value is 1.60. The van der Waals surface area contributed by atoms with Crippen LogP contribution in [0.4, 0.5) is 0 Å². The summed E-state index contributed by atoms with van der Waals surface area (Å²) in [5.74, 6) is 0. The van der Waals surface area contributed by atoms with Crippen molar-refractivity contribution in [3.63, 3.8) is 0 Å². The molecule has 1 aliphatic carbocycles. The molecule has 0 radical (unpaired) electrons. The first kappa shape index (κ1) is 9.60. The van der Waals surface area contributed by atoms with E-state index < -0.39 is 0 Å². The summed E-state index contributed by atoms with van der Waals surface area (Å²) in [6.45, 7) is 0. The molecule has 0 aromatic rings. The maximum atomic E-state index is 4.86. The second kappa shape index (κ2) is 5.39. The van der Waals surface area contributed by atoms with Gasteiger partial charge in [0.15, 0.2) is 0 Å². The summed E-state index contributed by atoms with van der Waals surface area (Å²) in [5.41, 5.74) is 0. The van der Waals surface area contributed by atoms with Crippen LogP contribution in [0.3, 0.4) is 0 Å². The minimum Gasteiger partial charge on any atom is -0.553 e. The number of hydrogen-bond donors (Lipinski definition) is 0. The summed E-state index contributed by atoms with van der Waals surface area (Å²) in [5, 5.41) is 0. The van der Waals surface area contributed by atoms with Crippen molar-refractivity contribution in [2.75, 3.05) is 0 Å². The molecule has 0 saturated heterocycles. The van der Waals surface area contributed by atoms with Gasteiger partial charge < -0.3 is 4.74 Å². The first-order chi connectivity index (χ1) is 3.43. The smallest absolute Gasteiger partial charge is 0.553 e. The standard InChI is InChI=1S/C6H11O.K/c1-7-6-4-2-3-5-6;/h6H,1-5H2;/q-1;+1. The zero-order valence-electron chi connectivity index (χ0n) is 5.52. The molecule has 0 heterocycles. The van der Waals surface area contributed by atoms with Crippen molar-refractivity contribution in [1.82, 2.24) is 0 Å². The fourth-order valence-corrected chi connectivity index (χ4v) is 1.06. The van der Waals surface area contributed by atoms with Gasteiger partial charge in [0.1, 0.15) is 0 Å². The van der Waals surface area contributed by atoms with E-state index in [1.807, 2.05) is 0 Å². The van der Waals surface area contributed by atoms with Crippen LogP contribution in [0.2, 0.25) is 0 Å². The van der Waals surface area contributed by atoms with Crippen LogP contribution in [-0.4, -0.2) is 6.10 Å². The Morgan fingerprint density at radius 1 is 1.25 bits per heavy atom. The Morgan fingerprint density at radius 2 is 1.75 bits per heavy atom. The summed E-state index contributed by atoms with van der Waals surface area (Å²) < 4.78 is 4.86. The number of ether oxygens (including phenoxy) is 1. The van der Waals surface area contributed by atoms with Crippen LogP contribution in [0.5, 0.6) is 0 Å². The third kappa shape index (κ3) is 2.94. The molecule has 8 heavy (non-hydrogen) atoms. The third-order valence-electron chi connectivity index (χ3n) is 1.54. The minimum absolute atomic E-state index is 0. The molecule has 0 aromatic carbocycles. The Balaban J connectivity index is 0.000000490. The minimum atomic E-state index is 0. The summed E-state index contributed by atoms with van der Waals surface area (Å²) in [6, 6.07) is 0. The molecule has 0 bridgehead atoms. The number of rotatable bonds is 1. The van der Waals surface area contributed by atoms with E-state index in [0.29, 0.717) is 6.10 Å². The Bertz CT molecular complexity index is 50.5. The van der Waals surface area contributed by atoms with E-state index in [4.69, 9.17) is 4.74 Å². The Labute approximate surface area is 93.6 Å². The van der Waals surface area contributed by atoms with Crippen LogP contribution in [0, 0.1) is 7.11 Å². The van der Waals surface area contributed by atoms with Gasteiger partial charge in [0, 0.05) is 6.10 Å². The topological polar surface area (TPSA) is 9.23 Å².